The van der Waals surface area contributed by atoms with E-state index in [2.05, 4.69) is 20.1 Å². The Bertz CT molecular complexity index is 1530. The van der Waals surface area contributed by atoms with E-state index in [1.165, 1.54) is 4.80 Å². The van der Waals surface area contributed by atoms with Crippen LogP contribution in [0.1, 0.15) is 46.9 Å². The van der Waals surface area contributed by atoms with Crippen molar-refractivity contribution in [2.75, 3.05) is 0 Å². The monoisotopic (exact) mass is 491 g/mol. The molecule has 4 aromatic rings. The molecular weight excluding hydrogens is 471 g/mol. The van der Waals surface area contributed by atoms with Crippen LogP contribution in [0.3, 0.4) is 0 Å². The van der Waals surface area contributed by atoms with Crippen LogP contribution in [-0.4, -0.2) is 52.0 Å². The zero-order valence-corrected chi connectivity index (χ0v) is 19.2. The predicted octanol–water partition coefficient (Wildman–Crippen LogP) is 3.57. The number of Topliss-reactive ketones (excluding diaryl/α,β-unsaturated/α-hetero) is 1. The van der Waals surface area contributed by atoms with Gasteiger partial charge in [-0.2, -0.15) is 20.1 Å². The molecule has 1 aromatic carbocycles. The van der Waals surface area contributed by atoms with Crippen molar-refractivity contribution < 1.29 is 18.0 Å². The van der Waals surface area contributed by atoms with Gasteiger partial charge in [-0.25, -0.2) is 13.2 Å². The van der Waals surface area contributed by atoms with E-state index in [9.17, 15) is 18.0 Å². The first kappa shape index (κ1) is 21.4. The molecule has 2 fully saturated rings. The number of hydrogen-bond acceptors (Lipinski definition) is 6. The lowest BCUT2D eigenvalue weighted by Gasteiger charge is -2.57. The molecule has 0 amide bonds. The molecule has 3 aromatic heterocycles. The second-order valence-electron chi connectivity index (χ2n) is 9.72. The van der Waals surface area contributed by atoms with Gasteiger partial charge in [0.1, 0.15) is 5.69 Å². The van der Waals surface area contributed by atoms with Crippen LogP contribution in [0.4, 0.5) is 13.2 Å². The Labute approximate surface area is 203 Å². The minimum absolute atomic E-state index is 0.0186. The molecule has 0 spiro atoms. The van der Waals surface area contributed by atoms with Crippen LogP contribution in [0, 0.1) is 17.5 Å². The van der Waals surface area contributed by atoms with Crippen molar-refractivity contribution in [2.24, 2.45) is 7.05 Å². The Kier molecular flexibility index (Phi) is 4.36. The highest BCUT2D eigenvalue weighted by molar-refractivity contribution is 6.04. The molecule has 0 radical (unpaired) electrons. The summed E-state index contributed by atoms with van der Waals surface area (Å²) in [6, 6.07) is 3.82. The molecule has 3 aliphatic rings. The van der Waals surface area contributed by atoms with E-state index in [1.807, 2.05) is 0 Å². The molecule has 2 saturated heterocycles. The van der Waals surface area contributed by atoms with Crippen LogP contribution in [0.15, 0.2) is 43.0 Å². The molecule has 0 bridgehead atoms. The first-order chi connectivity index (χ1) is 17.4. The van der Waals surface area contributed by atoms with Gasteiger partial charge in [0.25, 0.3) is 0 Å². The van der Waals surface area contributed by atoms with Gasteiger partial charge in [0.05, 0.1) is 41.6 Å². The number of rotatable bonds is 4. The number of fused-ring (bicyclic) bond motifs is 2. The fourth-order valence-corrected chi connectivity index (χ4v) is 6.47. The number of aromatic nitrogens is 6. The minimum Gasteiger partial charge on any atom is -0.292 e. The van der Waals surface area contributed by atoms with Gasteiger partial charge in [-0.1, -0.05) is 0 Å². The molecule has 0 N–H and O–H groups in total. The number of ketones is 1. The van der Waals surface area contributed by atoms with E-state index in [1.54, 1.807) is 42.6 Å². The van der Waals surface area contributed by atoms with Crippen molar-refractivity contribution in [3.63, 3.8) is 0 Å². The third kappa shape index (κ3) is 2.77. The summed E-state index contributed by atoms with van der Waals surface area (Å²) in [6.45, 7) is 0. The lowest BCUT2D eigenvalue weighted by Crippen LogP contribution is -2.66. The van der Waals surface area contributed by atoms with Gasteiger partial charge in [0, 0.05) is 36.0 Å². The number of halogens is 3. The van der Waals surface area contributed by atoms with Gasteiger partial charge in [-0.15, -0.1) is 0 Å². The minimum atomic E-state index is -1.49. The molecule has 8 nitrogen and oxygen atoms in total. The number of carbonyl (C=O) groups excluding carboxylic acids is 1. The number of hydrogen-bond donors (Lipinski definition) is 0. The molecule has 0 aliphatic carbocycles. The molecule has 182 valence electrons. The summed E-state index contributed by atoms with van der Waals surface area (Å²) in [7, 11) is 1.72. The maximum Gasteiger partial charge on any atom is 0.194 e. The van der Waals surface area contributed by atoms with Crippen LogP contribution in [0.2, 0.25) is 0 Å². The Morgan fingerprint density at radius 3 is 2.58 bits per heavy atom. The van der Waals surface area contributed by atoms with Gasteiger partial charge in [0.15, 0.2) is 23.2 Å². The molecule has 0 saturated carbocycles. The van der Waals surface area contributed by atoms with Crippen LogP contribution in [-0.2, 0) is 13.5 Å². The largest absolute Gasteiger partial charge is 0.292 e. The van der Waals surface area contributed by atoms with E-state index in [0.29, 0.717) is 36.2 Å². The fourth-order valence-electron chi connectivity index (χ4n) is 6.47. The van der Waals surface area contributed by atoms with Crippen molar-refractivity contribution in [3.05, 3.63) is 77.3 Å². The van der Waals surface area contributed by atoms with Crippen molar-refractivity contribution in [1.82, 2.24) is 34.7 Å². The Morgan fingerprint density at radius 1 is 1.08 bits per heavy atom. The standard InChI is InChI=1S/C25H20F3N7O/c1-33-23(13-7-18(26)21(28)19(27)8-13)17-9-15-2-3-25(10-20(34(15)25)22(17)32-33)24(36)14-6-16(12-29-11-14)35-30-4-5-31-35/h4-8,11-12,15,20H,2-3,9-10H2,1H3/t15-,20+,25?/m0/s1. The van der Waals surface area contributed by atoms with Crippen LogP contribution in [0.25, 0.3) is 16.9 Å². The van der Waals surface area contributed by atoms with E-state index in [4.69, 9.17) is 5.10 Å². The van der Waals surface area contributed by atoms with Crippen molar-refractivity contribution in [2.45, 2.75) is 43.3 Å². The van der Waals surface area contributed by atoms with Crippen molar-refractivity contribution in [3.8, 4) is 16.9 Å². The zero-order valence-electron chi connectivity index (χ0n) is 19.2. The molecule has 3 atom stereocenters. The van der Waals surface area contributed by atoms with Gasteiger partial charge in [0.2, 0.25) is 0 Å². The van der Waals surface area contributed by atoms with Gasteiger partial charge >= 0.3 is 0 Å². The third-order valence-corrected chi connectivity index (χ3v) is 7.89. The highest BCUT2D eigenvalue weighted by atomic mass is 19.2. The summed E-state index contributed by atoms with van der Waals surface area (Å²) < 4.78 is 43.2. The summed E-state index contributed by atoms with van der Waals surface area (Å²) in [4.78, 5) is 21.8. The van der Waals surface area contributed by atoms with Crippen LogP contribution >= 0.6 is 0 Å². The fraction of sp³-hybridized carbons (Fsp3) is 0.320. The summed E-state index contributed by atoms with van der Waals surface area (Å²) in [5.74, 6) is -3.92. The molecule has 7 rings (SSSR count). The SMILES string of the molecule is Cn1nc2c(c1-c1cc(F)c(F)c(F)c1)C[C@@H]1CCC3(C(=O)c4cncc(-n5nccn5)c4)C[C@H]2N13. The number of carbonyl (C=O) groups is 1. The highest BCUT2D eigenvalue weighted by Gasteiger charge is 2.65. The first-order valence-electron chi connectivity index (χ1n) is 11.7. The molecule has 3 aliphatic heterocycles. The quantitative estimate of drug-likeness (QED) is 0.321. The first-order valence-corrected chi connectivity index (χ1v) is 11.7. The predicted molar refractivity (Wildman–Crippen MR) is 121 cm³/mol. The Morgan fingerprint density at radius 2 is 1.83 bits per heavy atom. The topological polar surface area (TPSA) is 81.7 Å². The average molecular weight is 491 g/mol. The number of benzene rings is 1. The van der Waals surface area contributed by atoms with Gasteiger partial charge in [-0.3, -0.25) is 19.4 Å². The van der Waals surface area contributed by atoms with Crippen molar-refractivity contribution >= 4 is 5.78 Å². The van der Waals surface area contributed by atoms with E-state index < -0.39 is 23.0 Å². The summed E-state index contributed by atoms with van der Waals surface area (Å²) in [5, 5.41) is 12.9. The molecule has 36 heavy (non-hydrogen) atoms. The lowest BCUT2D eigenvalue weighted by atomic mass is 9.71. The average Bonchev–Trinajstić information content (AvgIpc) is 3.56. The number of nitrogens with zero attached hydrogens (tertiary/aromatic N) is 7. The zero-order chi connectivity index (χ0) is 24.8. The molecular formula is C25H20F3N7O. The number of aryl methyl sites for hydroxylation is 1. The lowest BCUT2D eigenvalue weighted by molar-refractivity contribution is -0.0552. The second kappa shape index (κ2) is 7.33. The van der Waals surface area contributed by atoms with Crippen molar-refractivity contribution in [1.29, 1.82) is 0 Å². The van der Waals surface area contributed by atoms with Crippen LogP contribution < -0.4 is 0 Å². The van der Waals surface area contributed by atoms with Crippen LogP contribution in [0.5, 0.6) is 0 Å². The van der Waals surface area contributed by atoms with E-state index >= 15 is 0 Å². The molecule has 1 unspecified atom stereocenters. The smallest absolute Gasteiger partial charge is 0.194 e. The highest BCUT2D eigenvalue weighted by Crippen LogP contribution is 2.60. The summed E-state index contributed by atoms with van der Waals surface area (Å²) in [5.41, 5.74) is 3.05. The Balaban J connectivity index is 1.24. The Hall–Kier alpha value is -3.86. The summed E-state index contributed by atoms with van der Waals surface area (Å²) in [6.07, 6.45) is 9.04. The van der Waals surface area contributed by atoms with Gasteiger partial charge in [-0.05, 0) is 43.9 Å². The second-order valence-corrected chi connectivity index (χ2v) is 9.72. The van der Waals surface area contributed by atoms with E-state index in [0.717, 1.165) is 29.8 Å². The maximum atomic E-state index is 14.0. The normalized spacial score (nSPS) is 24.3. The number of pyridine rings is 1. The van der Waals surface area contributed by atoms with E-state index in [-0.39, 0.29) is 23.4 Å². The molecule has 11 heteroatoms. The maximum absolute atomic E-state index is 14.0. The third-order valence-electron chi connectivity index (χ3n) is 7.89. The summed E-state index contributed by atoms with van der Waals surface area (Å²) >= 11 is 0. The van der Waals surface area contributed by atoms with Gasteiger partial charge < -0.3 is 0 Å². The molecule has 6 heterocycles.